The monoisotopic (exact) mass is 197 g/mol. The van der Waals surface area contributed by atoms with E-state index in [4.69, 9.17) is 20.6 Å². The number of halogens is 1. The first-order valence-electron chi connectivity index (χ1n) is 3.67. The van der Waals surface area contributed by atoms with Crippen LogP contribution in [0, 0.1) is 0 Å². The Labute approximate surface area is 73.6 Å². The summed E-state index contributed by atoms with van der Waals surface area (Å²) in [6.45, 7) is 2.46. The highest BCUT2D eigenvalue weighted by Crippen LogP contribution is 2.43. The van der Waals surface area contributed by atoms with E-state index in [-0.39, 0.29) is 0 Å². The van der Waals surface area contributed by atoms with Gasteiger partial charge in [-0.3, -0.25) is 0 Å². The van der Waals surface area contributed by atoms with E-state index in [0.29, 0.717) is 12.5 Å². The van der Waals surface area contributed by atoms with Gasteiger partial charge in [0, 0.05) is 12.4 Å². The van der Waals surface area contributed by atoms with Crippen molar-refractivity contribution in [3.8, 4) is 0 Å². The van der Waals surface area contributed by atoms with Crippen LogP contribution < -0.4 is 0 Å². The summed E-state index contributed by atoms with van der Waals surface area (Å²) in [5.74, 6) is 0.538. The van der Waals surface area contributed by atoms with Crippen LogP contribution in [0.1, 0.15) is 6.42 Å². The highest BCUT2D eigenvalue weighted by Gasteiger charge is 2.20. The molecule has 1 aliphatic heterocycles. The van der Waals surface area contributed by atoms with E-state index in [1.165, 1.54) is 0 Å². The molecule has 5 heteroatoms. The fraction of sp³-hybridized carbons (Fsp3) is 1.00. The molecule has 0 saturated carbocycles. The average Bonchev–Trinajstić information content (AvgIpc) is 2.03. The van der Waals surface area contributed by atoms with Crippen molar-refractivity contribution in [1.29, 1.82) is 0 Å². The lowest BCUT2D eigenvalue weighted by Gasteiger charge is -2.29. The normalized spacial score (nSPS) is 27.3. The molecule has 1 aliphatic rings. The van der Waals surface area contributed by atoms with Crippen LogP contribution in [0.2, 0.25) is 0 Å². The molecule has 0 N–H and O–H groups in total. The third-order valence-corrected chi connectivity index (χ3v) is 3.10. The Morgan fingerprint density at radius 2 is 2.55 bits per heavy atom. The molecule has 0 amide bonds. The molecular weight excluding hydrogens is 184 g/mol. The quantitative estimate of drug-likeness (QED) is 0.509. The van der Waals surface area contributed by atoms with Crippen molar-refractivity contribution >= 4 is 20.1 Å². The van der Waals surface area contributed by atoms with E-state index < -0.39 is 8.53 Å². The number of nitrogens with zero attached hydrogens (tertiary/aromatic N) is 1. The molecule has 0 aliphatic carbocycles. The molecule has 11 heavy (non-hydrogen) atoms. The number of rotatable bonds is 3. The van der Waals surface area contributed by atoms with E-state index in [1.54, 1.807) is 0 Å². The SMILES string of the molecule is CN1CCCOP1OCCCl. The molecule has 3 nitrogen and oxygen atoms in total. The molecule has 1 heterocycles. The minimum atomic E-state index is -0.790. The smallest absolute Gasteiger partial charge is 0.258 e. The van der Waals surface area contributed by atoms with Crippen LogP contribution >= 0.6 is 20.1 Å². The van der Waals surface area contributed by atoms with Crippen molar-refractivity contribution in [2.24, 2.45) is 0 Å². The summed E-state index contributed by atoms with van der Waals surface area (Å²) in [5.41, 5.74) is 0. The largest absolute Gasteiger partial charge is 0.322 e. The summed E-state index contributed by atoms with van der Waals surface area (Å²) in [4.78, 5) is 0. The van der Waals surface area contributed by atoms with E-state index in [2.05, 4.69) is 4.67 Å². The van der Waals surface area contributed by atoms with Gasteiger partial charge in [-0.2, -0.15) is 0 Å². The Hall–Kier alpha value is 0.600. The van der Waals surface area contributed by atoms with Crippen molar-refractivity contribution in [3.05, 3.63) is 0 Å². The van der Waals surface area contributed by atoms with E-state index in [9.17, 15) is 0 Å². The molecule has 1 atom stereocenters. The molecule has 1 unspecified atom stereocenters. The maximum atomic E-state index is 5.48. The third kappa shape index (κ3) is 3.22. The van der Waals surface area contributed by atoms with Gasteiger partial charge in [0.1, 0.15) is 0 Å². The van der Waals surface area contributed by atoms with Gasteiger partial charge in [-0.15, -0.1) is 11.6 Å². The first kappa shape index (κ1) is 9.69. The highest BCUT2D eigenvalue weighted by molar-refractivity contribution is 7.44. The lowest BCUT2D eigenvalue weighted by molar-refractivity contribution is 0.185. The molecule has 0 aromatic carbocycles. The summed E-state index contributed by atoms with van der Waals surface area (Å²) in [5, 5.41) is 0. The second-order valence-corrected chi connectivity index (χ2v) is 4.38. The van der Waals surface area contributed by atoms with Gasteiger partial charge in [0.05, 0.1) is 13.2 Å². The van der Waals surface area contributed by atoms with Crippen molar-refractivity contribution in [3.63, 3.8) is 0 Å². The van der Waals surface area contributed by atoms with Crippen LogP contribution in [0.4, 0.5) is 0 Å². The zero-order valence-electron chi connectivity index (χ0n) is 6.62. The molecule has 1 saturated heterocycles. The van der Waals surface area contributed by atoms with Gasteiger partial charge in [-0.1, -0.05) is 0 Å². The highest BCUT2D eigenvalue weighted by atomic mass is 35.5. The van der Waals surface area contributed by atoms with E-state index in [0.717, 1.165) is 19.6 Å². The lowest BCUT2D eigenvalue weighted by atomic mass is 10.5. The molecule has 0 radical (unpaired) electrons. The third-order valence-electron chi connectivity index (χ3n) is 1.39. The number of alkyl halides is 1. The van der Waals surface area contributed by atoms with Crippen LogP contribution in [0.5, 0.6) is 0 Å². The van der Waals surface area contributed by atoms with Gasteiger partial charge >= 0.3 is 0 Å². The van der Waals surface area contributed by atoms with Crippen molar-refractivity contribution < 1.29 is 9.05 Å². The molecule has 0 spiro atoms. The topological polar surface area (TPSA) is 21.7 Å². The Bertz CT molecular complexity index is 117. The molecule has 0 aromatic rings. The summed E-state index contributed by atoms with van der Waals surface area (Å²) in [7, 11) is 1.22. The minimum absolute atomic E-state index is 0.538. The molecule has 1 rings (SSSR count). The Kier molecular flexibility index (Phi) is 4.65. The maximum absolute atomic E-state index is 5.48. The predicted octanol–water partition coefficient (Wildman–Crippen LogP) is 1.82. The fourth-order valence-corrected chi connectivity index (χ4v) is 2.36. The fourth-order valence-electron chi connectivity index (χ4n) is 0.865. The van der Waals surface area contributed by atoms with Gasteiger partial charge in [0.15, 0.2) is 0 Å². The predicted molar refractivity (Wildman–Crippen MR) is 46.8 cm³/mol. The van der Waals surface area contributed by atoms with Crippen molar-refractivity contribution in [2.75, 3.05) is 32.7 Å². The van der Waals surface area contributed by atoms with E-state index >= 15 is 0 Å². The van der Waals surface area contributed by atoms with Crippen LogP contribution in [0.25, 0.3) is 0 Å². The Balaban J connectivity index is 2.18. The molecule has 0 aromatic heterocycles. The second kappa shape index (κ2) is 5.28. The van der Waals surface area contributed by atoms with Gasteiger partial charge < -0.3 is 9.05 Å². The first-order valence-corrected chi connectivity index (χ1v) is 5.34. The number of hydrogen-bond donors (Lipinski definition) is 0. The lowest BCUT2D eigenvalue weighted by Crippen LogP contribution is -2.23. The zero-order chi connectivity index (χ0) is 8.10. The van der Waals surface area contributed by atoms with Gasteiger partial charge in [0.25, 0.3) is 8.53 Å². The average molecular weight is 198 g/mol. The van der Waals surface area contributed by atoms with Crippen molar-refractivity contribution in [1.82, 2.24) is 4.67 Å². The summed E-state index contributed by atoms with van der Waals surface area (Å²) in [6, 6.07) is 0. The number of hydrogen-bond acceptors (Lipinski definition) is 3. The summed E-state index contributed by atoms with van der Waals surface area (Å²) in [6.07, 6.45) is 1.10. The van der Waals surface area contributed by atoms with Crippen LogP contribution in [0.15, 0.2) is 0 Å². The van der Waals surface area contributed by atoms with Crippen LogP contribution in [0.3, 0.4) is 0 Å². The minimum Gasteiger partial charge on any atom is -0.322 e. The standard InChI is InChI=1S/C6H13ClNO2P/c1-8-4-2-5-9-11(8)10-6-3-7/h2-6H2,1H3. The summed E-state index contributed by atoms with van der Waals surface area (Å²) >= 11 is 5.48. The van der Waals surface area contributed by atoms with Crippen LogP contribution in [-0.4, -0.2) is 37.4 Å². The van der Waals surface area contributed by atoms with E-state index in [1.807, 2.05) is 7.05 Å². The molecular formula is C6H13ClNO2P. The molecule has 1 fully saturated rings. The molecule has 66 valence electrons. The second-order valence-electron chi connectivity index (χ2n) is 2.33. The van der Waals surface area contributed by atoms with Gasteiger partial charge in [-0.25, -0.2) is 4.67 Å². The van der Waals surface area contributed by atoms with Crippen molar-refractivity contribution in [2.45, 2.75) is 6.42 Å². The van der Waals surface area contributed by atoms with Gasteiger partial charge in [0.2, 0.25) is 0 Å². The maximum Gasteiger partial charge on any atom is 0.258 e. The van der Waals surface area contributed by atoms with Gasteiger partial charge in [-0.05, 0) is 13.5 Å². The molecule has 0 bridgehead atoms. The Morgan fingerprint density at radius 1 is 1.73 bits per heavy atom. The first-order chi connectivity index (χ1) is 5.34. The summed E-state index contributed by atoms with van der Waals surface area (Å²) < 4.78 is 12.9. The Morgan fingerprint density at radius 3 is 3.18 bits per heavy atom. The zero-order valence-corrected chi connectivity index (χ0v) is 8.27. The van der Waals surface area contributed by atoms with Crippen LogP contribution in [-0.2, 0) is 9.05 Å².